The van der Waals surface area contributed by atoms with Crippen LogP contribution in [0.4, 0.5) is 21.0 Å². The van der Waals surface area contributed by atoms with Gasteiger partial charge in [0, 0.05) is 38.8 Å². The number of fused-ring (bicyclic) bond motifs is 1. The number of benzene rings is 1. The fourth-order valence-electron chi connectivity index (χ4n) is 5.28. The maximum Gasteiger partial charge on any atom is 0.254 e. The average molecular weight is 575 g/mol. The van der Waals surface area contributed by atoms with Crippen LogP contribution in [-0.2, 0) is 4.79 Å². The Bertz CT molecular complexity index is 1670. The van der Waals surface area contributed by atoms with Gasteiger partial charge in [-0.15, -0.1) is 0 Å². The van der Waals surface area contributed by atoms with Crippen LogP contribution in [0.15, 0.2) is 30.3 Å². The summed E-state index contributed by atoms with van der Waals surface area (Å²) < 4.78 is 15.6. The zero-order valence-corrected chi connectivity index (χ0v) is 24.2. The van der Waals surface area contributed by atoms with Gasteiger partial charge in [0.25, 0.3) is 5.91 Å². The van der Waals surface area contributed by atoms with E-state index in [1.165, 1.54) is 37.3 Å². The van der Waals surface area contributed by atoms with Crippen LogP contribution in [0.5, 0.6) is 0 Å². The molecule has 12 heteroatoms. The number of hydrogen-bond acceptors (Lipinski definition) is 9. The summed E-state index contributed by atoms with van der Waals surface area (Å²) in [6, 6.07) is 10.6. The molecule has 2 aliphatic rings. The van der Waals surface area contributed by atoms with Gasteiger partial charge in [-0.2, -0.15) is 10.4 Å². The molecule has 0 radical (unpaired) electrons. The predicted molar refractivity (Wildman–Crippen MR) is 156 cm³/mol. The minimum Gasteiger partial charge on any atom is -0.381 e. The van der Waals surface area contributed by atoms with Crippen LogP contribution in [0.25, 0.3) is 22.3 Å². The smallest absolute Gasteiger partial charge is 0.254 e. The van der Waals surface area contributed by atoms with Crippen LogP contribution in [0, 0.1) is 24.1 Å². The van der Waals surface area contributed by atoms with E-state index in [2.05, 4.69) is 17.0 Å². The predicted octanol–water partition coefficient (Wildman–Crippen LogP) is 4.40. The molecule has 1 aliphatic heterocycles. The molecular formula is C29H31FN8O2S. The number of piperazine rings is 1. The number of amides is 1. The number of pyridine rings is 1. The number of anilines is 3. The highest BCUT2D eigenvalue weighted by molar-refractivity contribution is 7.16. The maximum absolute atomic E-state index is 13.5. The molecule has 6 rings (SSSR count). The van der Waals surface area contributed by atoms with E-state index in [4.69, 9.17) is 15.1 Å². The lowest BCUT2D eigenvalue weighted by atomic mass is 10.1. The van der Waals surface area contributed by atoms with Gasteiger partial charge in [-0.1, -0.05) is 11.3 Å². The number of aliphatic hydroxyl groups is 1. The van der Waals surface area contributed by atoms with Crippen molar-refractivity contribution < 1.29 is 14.3 Å². The summed E-state index contributed by atoms with van der Waals surface area (Å²) >= 11 is 1.28. The average Bonchev–Trinajstić information content (AvgIpc) is 3.60. The lowest BCUT2D eigenvalue weighted by molar-refractivity contribution is -0.148. The van der Waals surface area contributed by atoms with Crippen molar-refractivity contribution >= 4 is 44.9 Å². The number of nitrogens with zero attached hydrogens (tertiary/aromatic N) is 8. The summed E-state index contributed by atoms with van der Waals surface area (Å²) in [7, 11) is 1.92. The van der Waals surface area contributed by atoms with Gasteiger partial charge in [-0.25, -0.2) is 19.0 Å². The van der Waals surface area contributed by atoms with Gasteiger partial charge in [-0.05, 0) is 63.9 Å². The summed E-state index contributed by atoms with van der Waals surface area (Å²) in [5.41, 5.74) is 2.28. The normalized spacial score (nSPS) is 15.8. The van der Waals surface area contributed by atoms with Crippen molar-refractivity contribution in [3.63, 3.8) is 0 Å². The molecule has 0 atom stereocenters. The number of nitriles is 1. The summed E-state index contributed by atoms with van der Waals surface area (Å²) in [6.45, 7) is 7.27. The summed E-state index contributed by atoms with van der Waals surface area (Å²) in [6.07, 6.45) is 2.06. The zero-order chi connectivity index (χ0) is 29.1. The first kappa shape index (κ1) is 27.1. The molecular weight excluding hydrogens is 543 g/mol. The minimum absolute atomic E-state index is 0.266. The molecule has 2 fully saturated rings. The molecule has 1 saturated heterocycles. The number of carbonyl (C=O) groups is 1. The summed E-state index contributed by atoms with van der Waals surface area (Å²) in [5, 5.41) is 26.4. The van der Waals surface area contributed by atoms with Crippen molar-refractivity contribution in [2.75, 3.05) is 43.0 Å². The second kappa shape index (κ2) is 10.1. The SMILES string of the molecule is Cc1nc2nn(C3CC3)c(N(C)c3nc(-c4ccc(F)cc4)c(C#N)s3)c2cc1N1CCN(C(=O)C(C)(C)O)CC1. The fraction of sp³-hybridized carbons (Fsp3) is 0.414. The largest absolute Gasteiger partial charge is 0.381 e. The molecule has 1 aromatic carbocycles. The molecule has 1 N–H and O–H groups in total. The highest BCUT2D eigenvalue weighted by atomic mass is 32.1. The van der Waals surface area contributed by atoms with Crippen molar-refractivity contribution in [3.8, 4) is 17.3 Å². The van der Waals surface area contributed by atoms with Crippen molar-refractivity contribution in [1.29, 1.82) is 5.26 Å². The van der Waals surface area contributed by atoms with Gasteiger partial charge in [0.15, 0.2) is 10.8 Å². The summed E-state index contributed by atoms with van der Waals surface area (Å²) in [4.78, 5) is 28.6. The van der Waals surface area contributed by atoms with Crippen LogP contribution in [0.3, 0.4) is 0 Å². The van der Waals surface area contributed by atoms with E-state index >= 15 is 0 Å². The van der Waals surface area contributed by atoms with Gasteiger partial charge in [-0.3, -0.25) is 4.79 Å². The van der Waals surface area contributed by atoms with E-state index in [0.29, 0.717) is 53.1 Å². The van der Waals surface area contributed by atoms with Crippen LogP contribution < -0.4 is 9.80 Å². The fourth-order valence-corrected chi connectivity index (χ4v) is 6.13. The summed E-state index contributed by atoms with van der Waals surface area (Å²) in [5.74, 6) is 0.247. The van der Waals surface area contributed by atoms with Crippen molar-refractivity contribution in [3.05, 3.63) is 46.7 Å². The Kier molecular flexibility index (Phi) is 6.66. The number of thiazole rings is 1. The minimum atomic E-state index is -1.40. The molecule has 1 amide bonds. The van der Waals surface area contributed by atoms with E-state index in [0.717, 1.165) is 35.4 Å². The second-order valence-electron chi connectivity index (χ2n) is 11.2. The van der Waals surface area contributed by atoms with Gasteiger partial charge in [0.05, 0.1) is 22.8 Å². The topological polar surface area (TPSA) is 114 Å². The third-order valence-corrected chi connectivity index (χ3v) is 8.63. The molecule has 0 unspecified atom stereocenters. The quantitative estimate of drug-likeness (QED) is 0.361. The molecule has 3 aromatic heterocycles. The number of hydrogen-bond donors (Lipinski definition) is 1. The van der Waals surface area contributed by atoms with E-state index < -0.39 is 5.60 Å². The highest BCUT2D eigenvalue weighted by Crippen LogP contribution is 2.44. The van der Waals surface area contributed by atoms with E-state index in [-0.39, 0.29) is 17.8 Å². The molecule has 1 saturated carbocycles. The van der Waals surface area contributed by atoms with E-state index in [9.17, 15) is 19.6 Å². The Morgan fingerprint density at radius 1 is 1.17 bits per heavy atom. The number of aromatic nitrogens is 4. The second-order valence-corrected chi connectivity index (χ2v) is 12.1. The molecule has 4 heterocycles. The Hall–Kier alpha value is -4.08. The van der Waals surface area contributed by atoms with Gasteiger partial charge in [0.2, 0.25) is 0 Å². The van der Waals surface area contributed by atoms with Crippen molar-refractivity contribution in [1.82, 2.24) is 24.6 Å². The Labute approximate surface area is 241 Å². The molecule has 1 aliphatic carbocycles. The van der Waals surface area contributed by atoms with Crippen molar-refractivity contribution in [2.24, 2.45) is 0 Å². The number of carbonyl (C=O) groups excluding carboxylic acids is 1. The van der Waals surface area contributed by atoms with Crippen LogP contribution in [0.1, 0.15) is 43.3 Å². The lowest BCUT2D eigenvalue weighted by Crippen LogP contribution is -2.54. The number of aryl methyl sites for hydroxylation is 1. The Balaban J connectivity index is 1.36. The van der Waals surface area contributed by atoms with Gasteiger partial charge in [0.1, 0.15) is 33.9 Å². The van der Waals surface area contributed by atoms with Gasteiger partial charge < -0.3 is 19.8 Å². The Morgan fingerprint density at radius 2 is 1.85 bits per heavy atom. The first-order valence-electron chi connectivity index (χ1n) is 13.6. The third-order valence-electron chi connectivity index (χ3n) is 7.59. The molecule has 4 aromatic rings. The van der Waals surface area contributed by atoms with Crippen LogP contribution in [-0.4, -0.2) is 74.5 Å². The molecule has 41 heavy (non-hydrogen) atoms. The zero-order valence-electron chi connectivity index (χ0n) is 23.4. The first-order valence-corrected chi connectivity index (χ1v) is 14.4. The number of rotatable bonds is 6. The van der Waals surface area contributed by atoms with E-state index in [1.807, 2.05) is 23.6 Å². The van der Waals surface area contributed by atoms with Crippen molar-refractivity contribution in [2.45, 2.75) is 45.3 Å². The highest BCUT2D eigenvalue weighted by Gasteiger charge is 2.34. The standard InChI is InChI=1S/C29H31FN8O2S/c1-17-22(36-11-13-37(14-12-36)27(39)29(2,3)40)15-21-25(32-17)34-38(20-9-10-20)26(21)35(4)28-33-24(23(16-31)41-28)18-5-7-19(30)8-6-18/h5-8,15,20,40H,9-14H2,1-4H3. The molecule has 0 spiro atoms. The maximum atomic E-state index is 13.5. The number of halogens is 1. The van der Waals surface area contributed by atoms with Gasteiger partial charge >= 0.3 is 0 Å². The molecule has 0 bridgehead atoms. The van der Waals surface area contributed by atoms with E-state index in [1.54, 1.807) is 17.0 Å². The van der Waals surface area contributed by atoms with Crippen LogP contribution >= 0.6 is 11.3 Å². The Morgan fingerprint density at radius 3 is 2.46 bits per heavy atom. The first-order chi connectivity index (χ1) is 19.5. The van der Waals surface area contributed by atoms with Crippen LogP contribution in [0.2, 0.25) is 0 Å². The lowest BCUT2D eigenvalue weighted by Gasteiger charge is -2.38. The molecule has 212 valence electrons. The molecule has 10 nitrogen and oxygen atoms in total. The third kappa shape index (κ3) is 5.00. The monoisotopic (exact) mass is 574 g/mol.